The van der Waals surface area contributed by atoms with E-state index in [1.807, 2.05) is 36.4 Å². The zero-order valence-electron chi connectivity index (χ0n) is 12.4. The minimum Gasteiger partial charge on any atom is -0.496 e. The van der Waals surface area contributed by atoms with Crippen LogP contribution in [0.25, 0.3) is 11.1 Å². The predicted molar refractivity (Wildman–Crippen MR) is 84.2 cm³/mol. The van der Waals surface area contributed by atoms with Crippen molar-refractivity contribution in [1.82, 2.24) is 0 Å². The molecular formula is C18H20O2. The highest BCUT2D eigenvalue weighted by molar-refractivity contribution is 5.92. The second kappa shape index (κ2) is 6.29. The number of hydrogen-bond acceptors (Lipinski definition) is 2. The second-order valence-electron chi connectivity index (χ2n) is 4.65. The molecule has 0 aromatic heterocycles. The summed E-state index contributed by atoms with van der Waals surface area (Å²) in [5.41, 5.74) is 4.59. The van der Waals surface area contributed by atoms with Crippen molar-refractivity contribution in [2.45, 2.75) is 13.8 Å². The molecule has 0 unspecified atom stereocenters. The molecule has 0 fully saturated rings. The molecule has 0 aliphatic rings. The number of hydrogen-bond donors (Lipinski definition) is 0. The summed E-state index contributed by atoms with van der Waals surface area (Å²) in [6, 6.07) is 16.1. The number of rotatable bonds is 4. The Kier molecular flexibility index (Phi) is 4.46. The molecule has 0 amide bonds. The van der Waals surface area contributed by atoms with E-state index in [-0.39, 0.29) is 0 Å². The molecule has 0 N–H and O–H groups in total. The highest BCUT2D eigenvalue weighted by Crippen LogP contribution is 2.34. The SMILES string of the molecule is COc1ccccc1/C(C)=C(\C)c1ccccc1OC. The first kappa shape index (κ1) is 14.2. The van der Waals surface area contributed by atoms with E-state index in [2.05, 4.69) is 26.0 Å². The number of benzene rings is 2. The van der Waals surface area contributed by atoms with E-state index in [9.17, 15) is 0 Å². The molecule has 0 heterocycles. The number of allylic oxidation sites excluding steroid dienone is 2. The molecule has 2 rings (SSSR count). The van der Waals surface area contributed by atoms with E-state index < -0.39 is 0 Å². The largest absolute Gasteiger partial charge is 0.496 e. The summed E-state index contributed by atoms with van der Waals surface area (Å²) in [5.74, 6) is 1.78. The van der Waals surface area contributed by atoms with Crippen LogP contribution in [0.3, 0.4) is 0 Å². The third kappa shape index (κ3) is 2.69. The topological polar surface area (TPSA) is 18.5 Å². The number of para-hydroxylation sites is 2. The fourth-order valence-electron chi connectivity index (χ4n) is 2.31. The van der Waals surface area contributed by atoms with E-state index in [1.165, 1.54) is 11.1 Å². The van der Waals surface area contributed by atoms with Gasteiger partial charge in [-0.05, 0) is 37.1 Å². The average Bonchev–Trinajstić information content (AvgIpc) is 2.53. The van der Waals surface area contributed by atoms with Gasteiger partial charge in [0.2, 0.25) is 0 Å². The molecule has 0 atom stereocenters. The lowest BCUT2D eigenvalue weighted by molar-refractivity contribution is 0.413. The van der Waals surface area contributed by atoms with Crippen LogP contribution in [0.2, 0.25) is 0 Å². The summed E-state index contributed by atoms with van der Waals surface area (Å²) >= 11 is 0. The van der Waals surface area contributed by atoms with E-state index >= 15 is 0 Å². The summed E-state index contributed by atoms with van der Waals surface area (Å²) in [6.45, 7) is 4.22. The Morgan fingerprint density at radius 2 is 1.00 bits per heavy atom. The molecule has 0 saturated heterocycles. The van der Waals surface area contributed by atoms with Crippen molar-refractivity contribution in [3.63, 3.8) is 0 Å². The lowest BCUT2D eigenvalue weighted by Crippen LogP contribution is -1.94. The summed E-state index contributed by atoms with van der Waals surface area (Å²) in [4.78, 5) is 0. The molecule has 2 heteroatoms. The van der Waals surface area contributed by atoms with Gasteiger partial charge in [-0.3, -0.25) is 0 Å². The van der Waals surface area contributed by atoms with Crippen molar-refractivity contribution in [1.29, 1.82) is 0 Å². The Hall–Kier alpha value is -2.22. The van der Waals surface area contributed by atoms with Crippen LogP contribution in [0, 0.1) is 0 Å². The molecule has 0 aliphatic heterocycles. The lowest BCUT2D eigenvalue weighted by Gasteiger charge is -2.14. The van der Waals surface area contributed by atoms with Crippen LogP contribution in [0.15, 0.2) is 48.5 Å². The van der Waals surface area contributed by atoms with Gasteiger partial charge in [-0.25, -0.2) is 0 Å². The lowest BCUT2D eigenvalue weighted by atomic mass is 9.96. The van der Waals surface area contributed by atoms with E-state index in [4.69, 9.17) is 9.47 Å². The molecule has 104 valence electrons. The summed E-state index contributed by atoms with van der Waals surface area (Å²) < 4.78 is 10.9. The molecule has 0 bridgehead atoms. The first-order valence-electron chi connectivity index (χ1n) is 6.63. The van der Waals surface area contributed by atoms with Gasteiger partial charge >= 0.3 is 0 Å². The third-order valence-electron chi connectivity index (χ3n) is 3.58. The molecule has 2 nitrogen and oxygen atoms in total. The van der Waals surface area contributed by atoms with Crippen LogP contribution in [0.5, 0.6) is 11.5 Å². The van der Waals surface area contributed by atoms with Crippen molar-refractivity contribution < 1.29 is 9.47 Å². The zero-order valence-corrected chi connectivity index (χ0v) is 12.4. The van der Waals surface area contributed by atoms with Gasteiger partial charge in [-0.15, -0.1) is 0 Å². The van der Waals surface area contributed by atoms with Crippen LogP contribution >= 0.6 is 0 Å². The molecule has 0 radical (unpaired) electrons. The molecule has 20 heavy (non-hydrogen) atoms. The van der Waals surface area contributed by atoms with E-state index in [0.29, 0.717) is 0 Å². The van der Waals surface area contributed by atoms with Crippen molar-refractivity contribution >= 4 is 11.1 Å². The molecule has 2 aromatic carbocycles. The average molecular weight is 268 g/mol. The first-order chi connectivity index (χ1) is 9.69. The molecule has 0 aliphatic carbocycles. The van der Waals surface area contributed by atoms with Crippen molar-refractivity contribution in [2.24, 2.45) is 0 Å². The fraction of sp³-hybridized carbons (Fsp3) is 0.222. The normalized spacial score (nSPS) is 11.8. The van der Waals surface area contributed by atoms with Gasteiger partial charge in [-0.2, -0.15) is 0 Å². The maximum atomic E-state index is 5.44. The highest BCUT2D eigenvalue weighted by atomic mass is 16.5. The number of ether oxygens (including phenoxy) is 2. The summed E-state index contributed by atoms with van der Waals surface area (Å²) in [6.07, 6.45) is 0. The first-order valence-corrected chi connectivity index (χ1v) is 6.63. The predicted octanol–water partition coefficient (Wildman–Crippen LogP) is 4.65. The Balaban J connectivity index is 2.56. The fourth-order valence-corrected chi connectivity index (χ4v) is 2.31. The highest BCUT2D eigenvalue weighted by Gasteiger charge is 2.10. The van der Waals surface area contributed by atoms with Gasteiger partial charge in [0.25, 0.3) is 0 Å². The van der Waals surface area contributed by atoms with Gasteiger partial charge in [-0.1, -0.05) is 36.4 Å². The molecule has 0 saturated carbocycles. The second-order valence-corrected chi connectivity index (χ2v) is 4.65. The van der Waals surface area contributed by atoms with E-state index in [0.717, 1.165) is 22.6 Å². The maximum Gasteiger partial charge on any atom is 0.126 e. The van der Waals surface area contributed by atoms with Crippen molar-refractivity contribution in [3.05, 3.63) is 59.7 Å². The van der Waals surface area contributed by atoms with Crippen molar-refractivity contribution in [3.8, 4) is 11.5 Å². The van der Waals surface area contributed by atoms with Crippen LogP contribution in [-0.4, -0.2) is 14.2 Å². The van der Waals surface area contributed by atoms with E-state index in [1.54, 1.807) is 14.2 Å². The van der Waals surface area contributed by atoms with Crippen LogP contribution < -0.4 is 9.47 Å². The Morgan fingerprint density at radius 3 is 1.35 bits per heavy atom. The smallest absolute Gasteiger partial charge is 0.126 e. The third-order valence-corrected chi connectivity index (χ3v) is 3.58. The Bertz CT molecular complexity index is 571. The quantitative estimate of drug-likeness (QED) is 0.751. The van der Waals surface area contributed by atoms with Gasteiger partial charge < -0.3 is 9.47 Å². The van der Waals surface area contributed by atoms with Crippen molar-refractivity contribution in [2.75, 3.05) is 14.2 Å². The van der Waals surface area contributed by atoms with Crippen LogP contribution in [0.1, 0.15) is 25.0 Å². The Morgan fingerprint density at radius 1 is 0.650 bits per heavy atom. The zero-order chi connectivity index (χ0) is 14.5. The summed E-state index contributed by atoms with van der Waals surface area (Å²) in [5, 5.41) is 0. The molecule has 0 spiro atoms. The maximum absolute atomic E-state index is 5.44. The van der Waals surface area contributed by atoms with Crippen LogP contribution in [-0.2, 0) is 0 Å². The standard InChI is InChI=1S/C18H20O2/c1-13(15-9-5-7-11-17(15)19-3)14(2)16-10-6-8-12-18(16)20-4/h5-12H,1-4H3/b14-13+. The molecule has 2 aromatic rings. The monoisotopic (exact) mass is 268 g/mol. The Labute approximate surface area is 120 Å². The van der Waals surface area contributed by atoms with Gasteiger partial charge in [0, 0.05) is 11.1 Å². The van der Waals surface area contributed by atoms with Gasteiger partial charge in [0.05, 0.1) is 14.2 Å². The minimum absolute atomic E-state index is 0.888. The van der Waals surface area contributed by atoms with Gasteiger partial charge in [0.1, 0.15) is 11.5 Å². The molecular weight excluding hydrogens is 248 g/mol. The van der Waals surface area contributed by atoms with Gasteiger partial charge in [0.15, 0.2) is 0 Å². The number of methoxy groups -OCH3 is 2. The summed E-state index contributed by atoms with van der Waals surface area (Å²) in [7, 11) is 3.40. The minimum atomic E-state index is 0.888. The van der Waals surface area contributed by atoms with Crippen LogP contribution in [0.4, 0.5) is 0 Å².